The first-order chi connectivity index (χ1) is 6.81. The van der Waals surface area contributed by atoms with Gasteiger partial charge in [0.2, 0.25) is 0 Å². The third-order valence-corrected chi connectivity index (χ3v) is 5.75. The van der Waals surface area contributed by atoms with Crippen molar-refractivity contribution in [3.05, 3.63) is 0 Å². The summed E-state index contributed by atoms with van der Waals surface area (Å²) < 4.78 is 0. The minimum Gasteiger partial charge on any atom is -0.261 e. The molecule has 90 valence electrons. The molecule has 0 aromatic heterocycles. The summed E-state index contributed by atoms with van der Waals surface area (Å²) in [5, 5.41) is 0. The van der Waals surface area contributed by atoms with Crippen LogP contribution in [0.2, 0.25) is 0 Å². The highest BCUT2D eigenvalue weighted by Gasteiger charge is 2.78. The second kappa shape index (κ2) is 3.74. The molecule has 2 heteroatoms. The van der Waals surface area contributed by atoms with Crippen LogP contribution < -0.4 is 10.9 Å². The van der Waals surface area contributed by atoms with E-state index in [0.29, 0.717) is 16.2 Å². The van der Waals surface area contributed by atoms with Gasteiger partial charge in [0.1, 0.15) is 0 Å². The maximum absolute atomic E-state index is 3.32. The number of hydrazine groups is 1. The van der Waals surface area contributed by atoms with E-state index in [9.17, 15) is 0 Å². The van der Waals surface area contributed by atoms with Gasteiger partial charge in [-0.1, -0.05) is 41.5 Å². The second-order valence-corrected chi connectivity index (χ2v) is 6.02. The van der Waals surface area contributed by atoms with E-state index in [2.05, 4.69) is 52.4 Å². The fraction of sp³-hybridized carbons (Fsp3) is 1.00. The van der Waals surface area contributed by atoms with Crippen LogP contribution in [0.5, 0.6) is 0 Å². The molecule has 0 aliphatic heterocycles. The number of hydrogen-bond donors (Lipinski definition) is 2. The number of rotatable bonds is 5. The lowest BCUT2D eigenvalue weighted by Gasteiger charge is -2.24. The van der Waals surface area contributed by atoms with E-state index >= 15 is 0 Å². The molecule has 2 atom stereocenters. The van der Waals surface area contributed by atoms with Crippen LogP contribution in [0.1, 0.15) is 48.0 Å². The van der Waals surface area contributed by atoms with Gasteiger partial charge in [0, 0.05) is 6.54 Å². The van der Waals surface area contributed by atoms with Gasteiger partial charge in [0.05, 0.1) is 0 Å². The molecule has 0 amide bonds. The Hall–Kier alpha value is -0.0800. The van der Waals surface area contributed by atoms with E-state index in [0.717, 1.165) is 12.5 Å². The van der Waals surface area contributed by atoms with Crippen LogP contribution in [0.25, 0.3) is 0 Å². The lowest BCUT2D eigenvalue weighted by Crippen LogP contribution is -2.36. The van der Waals surface area contributed by atoms with Gasteiger partial charge in [-0.05, 0) is 35.6 Å². The summed E-state index contributed by atoms with van der Waals surface area (Å²) in [6, 6.07) is 0. The summed E-state index contributed by atoms with van der Waals surface area (Å²) in [5.41, 5.74) is 7.72. The summed E-state index contributed by atoms with van der Waals surface area (Å²) in [6.45, 7) is 15.4. The molecule has 1 saturated carbocycles. The van der Waals surface area contributed by atoms with Crippen LogP contribution in [-0.2, 0) is 0 Å². The Kier molecular flexibility index (Phi) is 3.24. The van der Waals surface area contributed by atoms with Crippen LogP contribution in [0.3, 0.4) is 0 Å². The molecular weight excluding hydrogens is 184 g/mol. The van der Waals surface area contributed by atoms with E-state index in [1.165, 1.54) is 6.42 Å². The molecular formula is C13H28N2. The van der Waals surface area contributed by atoms with Gasteiger partial charge in [0.25, 0.3) is 0 Å². The van der Waals surface area contributed by atoms with Gasteiger partial charge in [-0.2, -0.15) is 0 Å². The number of hydrogen-bond acceptors (Lipinski definition) is 2. The summed E-state index contributed by atoms with van der Waals surface area (Å²) in [7, 11) is 1.95. The van der Waals surface area contributed by atoms with E-state index in [1.54, 1.807) is 0 Å². The monoisotopic (exact) mass is 212 g/mol. The zero-order valence-corrected chi connectivity index (χ0v) is 11.5. The van der Waals surface area contributed by atoms with E-state index in [-0.39, 0.29) is 0 Å². The fourth-order valence-corrected chi connectivity index (χ4v) is 4.19. The van der Waals surface area contributed by atoms with Crippen molar-refractivity contribution in [1.29, 1.82) is 0 Å². The molecule has 2 unspecified atom stereocenters. The average molecular weight is 212 g/mol. The predicted molar refractivity (Wildman–Crippen MR) is 66.5 cm³/mol. The van der Waals surface area contributed by atoms with Crippen molar-refractivity contribution in [3.63, 3.8) is 0 Å². The van der Waals surface area contributed by atoms with Crippen molar-refractivity contribution in [1.82, 2.24) is 10.9 Å². The summed E-state index contributed by atoms with van der Waals surface area (Å²) >= 11 is 0. The molecule has 0 heterocycles. The maximum Gasteiger partial charge on any atom is 0.0167 e. The lowest BCUT2D eigenvalue weighted by molar-refractivity contribution is 0.253. The third kappa shape index (κ3) is 1.31. The zero-order chi connectivity index (χ0) is 11.9. The molecule has 0 spiro atoms. The van der Waals surface area contributed by atoms with Crippen molar-refractivity contribution in [2.24, 2.45) is 22.2 Å². The van der Waals surface area contributed by atoms with Crippen LogP contribution in [0.15, 0.2) is 0 Å². The molecule has 1 fully saturated rings. The van der Waals surface area contributed by atoms with Crippen LogP contribution in [0.4, 0.5) is 0 Å². The standard InChI is InChI=1S/C13H28N2/c1-8-13(9-15-14-7)11(4,5)12(13,6)10(2)3/h10,14-15H,8-9H2,1-7H3. The second-order valence-electron chi connectivity index (χ2n) is 6.02. The largest absolute Gasteiger partial charge is 0.261 e. The molecule has 1 aliphatic carbocycles. The normalized spacial score (nSPS) is 38.4. The van der Waals surface area contributed by atoms with Crippen LogP contribution in [-0.4, -0.2) is 13.6 Å². The average Bonchev–Trinajstić information content (AvgIpc) is 2.56. The topological polar surface area (TPSA) is 24.1 Å². The van der Waals surface area contributed by atoms with Gasteiger partial charge in [-0.15, -0.1) is 0 Å². The zero-order valence-electron chi connectivity index (χ0n) is 11.5. The predicted octanol–water partition coefficient (Wildman–Crippen LogP) is 2.81. The first-order valence-electron chi connectivity index (χ1n) is 6.21. The Balaban J connectivity index is 2.93. The van der Waals surface area contributed by atoms with Gasteiger partial charge in [-0.25, -0.2) is 0 Å². The van der Waals surface area contributed by atoms with Crippen molar-refractivity contribution >= 4 is 0 Å². The molecule has 0 aromatic carbocycles. The molecule has 2 N–H and O–H groups in total. The van der Waals surface area contributed by atoms with Crippen LogP contribution in [0, 0.1) is 22.2 Å². The fourth-order valence-electron chi connectivity index (χ4n) is 4.19. The Labute approximate surface area is 95.2 Å². The number of nitrogens with one attached hydrogen (secondary N) is 2. The third-order valence-electron chi connectivity index (χ3n) is 5.75. The van der Waals surface area contributed by atoms with Gasteiger partial charge in [-0.3, -0.25) is 10.9 Å². The summed E-state index contributed by atoms with van der Waals surface area (Å²) in [4.78, 5) is 0. The van der Waals surface area contributed by atoms with Gasteiger partial charge >= 0.3 is 0 Å². The SMILES string of the molecule is CCC1(CNNC)C(C)(C)C1(C)C(C)C. The first kappa shape index (κ1) is 13.0. The van der Waals surface area contributed by atoms with E-state index in [4.69, 9.17) is 0 Å². The quantitative estimate of drug-likeness (QED) is 0.685. The molecule has 2 nitrogen and oxygen atoms in total. The molecule has 0 bridgehead atoms. The Bertz CT molecular complexity index is 235. The molecule has 0 aromatic rings. The molecule has 1 aliphatic rings. The Morgan fingerprint density at radius 1 is 1.13 bits per heavy atom. The summed E-state index contributed by atoms with van der Waals surface area (Å²) in [6.07, 6.45) is 1.25. The van der Waals surface area contributed by atoms with E-state index in [1.807, 2.05) is 7.05 Å². The highest BCUT2D eigenvalue weighted by atomic mass is 15.3. The maximum atomic E-state index is 3.32. The Morgan fingerprint density at radius 3 is 1.93 bits per heavy atom. The Morgan fingerprint density at radius 2 is 1.67 bits per heavy atom. The minimum atomic E-state index is 0.437. The molecule has 1 rings (SSSR count). The molecule has 0 saturated heterocycles. The van der Waals surface area contributed by atoms with Gasteiger partial charge in [0.15, 0.2) is 0 Å². The smallest absolute Gasteiger partial charge is 0.0167 e. The molecule has 0 radical (unpaired) electrons. The van der Waals surface area contributed by atoms with Crippen molar-refractivity contribution in [3.8, 4) is 0 Å². The van der Waals surface area contributed by atoms with Gasteiger partial charge < -0.3 is 0 Å². The highest BCUT2D eigenvalue weighted by Crippen LogP contribution is 2.81. The van der Waals surface area contributed by atoms with Crippen molar-refractivity contribution in [2.45, 2.75) is 48.0 Å². The summed E-state index contributed by atoms with van der Waals surface area (Å²) in [5.74, 6) is 0.742. The first-order valence-corrected chi connectivity index (χ1v) is 6.21. The lowest BCUT2D eigenvalue weighted by atomic mass is 9.83. The minimum absolute atomic E-state index is 0.437. The highest BCUT2D eigenvalue weighted by molar-refractivity contribution is 5.26. The van der Waals surface area contributed by atoms with E-state index < -0.39 is 0 Å². The van der Waals surface area contributed by atoms with Crippen molar-refractivity contribution < 1.29 is 0 Å². The molecule has 15 heavy (non-hydrogen) atoms. The van der Waals surface area contributed by atoms with Crippen molar-refractivity contribution in [2.75, 3.05) is 13.6 Å². The van der Waals surface area contributed by atoms with Crippen LogP contribution >= 0.6 is 0 Å².